The third kappa shape index (κ3) is 3.05. The van der Waals surface area contributed by atoms with Gasteiger partial charge >= 0.3 is 0 Å². The van der Waals surface area contributed by atoms with Crippen LogP contribution in [-0.2, 0) is 0 Å². The van der Waals surface area contributed by atoms with Crippen molar-refractivity contribution in [3.63, 3.8) is 0 Å². The van der Waals surface area contributed by atoms with Crippen molar-refractivity contribution in [2.45, 2.75) is 12.5 Å². The van der Waals surface area contributed by atoms with Gasteiger partial charge in [-0.2, -0.15) is 0 Å². The third-order valence-corrected chi connectivity index (χ3v) is 4.23. The van der Waals surface area contributed by atoms with Crippen molar-refractivity contribution in [2.75, 3.05) is 20.3 Å². The summed E-state index contributed by atoms with van der Waals surface area (Å²) in [5, 5.41) is 3.60. The molecule has 1 N–H and O–H groups in total. The molecule has 1 atom stereocenters. The largest absolute Gasteiger partial charge is 0.490 e. The van der Waals surface area contributed by atoms with E-state index in [-0.39, 0.29) is 6.04 Å². The van der Waals surface area contributed by atoms with E-state index in [1.54, 1.807) is 6.07 Å². The van der Waals surface area contributed by atoms with E-state index >= 15 is 0 Å². The van der Waals surface area contributed by atoms with Gasteiger partial charge in [-0.15, -0.1) is 0 Å². The summed E-state index contributed by atoms with van der Waals surface area (Å²) in [5.41, 5.74) is 1.01. The van der Waals surface area contributed by atoms with Gasteiger partial charge in [0.15, 0.2) is 16.7 Å². The first-order valence-electron chi connectivity index (χ1n) is 6.70. The van der Waals surface area contributed by atoms with Crippen LogP contribution in [-0.4, -0.2) is 20.3 Å². The summed E-state index contributed by atoms with van der Waals surface area (Å²) in [4.78, 5) is 0. The first-order valence-corrected chi connectivity index (χ1v) is 7.87. The van der Waals surface area contributed by atoms with Gasteiger partial charge in [0.25, 0.3) is 0 Å². The smallest absolute Gasteiger partial charge is 0.193 e. The molecule has 4 nitrogen and oxygen atoms in total. The highest BCUT2D eigenvalue weighted by Crippen LogP contribution is 2.39. The second-order valence-corrected chi connectivity index (χ2v) is 5.96. The van der Waals surface area contributed by atoms with Crippen LogP contribution in [0.3, 0.4) is 0 Å². The van der Waals surface area contributed by atoms with Crippen LogP contribution in [0.2, 0.25) is 5.22 Å². The molecule has 0 saturated heterocycles. The second-order valence-electron chi connectivity index (χ2n) is 4.73. The number of rotatable bonds is 3. The standard InChI is InChI=1S/C15H15BrClNO3/c1-18-15(11-3-4-14(17)21-11)9-7-12-13(8-10(9)16)20-6-2-5-19-12/h3-4,7-8,15,18H,2,5-6H2,1H3. The Morgan fingerprint density at radius 1 is 1.19 bits per heavy atom. The molecule has 1 aliphatic rings. The maximum absolute atomic E-state index is 5.87. The highest BCUT2D eigenvalue weighted by atomic mass is 79.9. The minimum absolute atomic E-state index is 0.121. The zero-order valence-corrected chi connectivity index (χ0v) is 13.8. The predicted molar refractivity (Wildman–Crippen MR) is 84.4 cm³/mol. The Hall–Kier alpha value is -1.17. The SMILES string of the molecule is CNC(c1ccc(Cl)o1)c1cc2c(cc1Br)OCCCO2. The van der Waals surface area contributed by atoms with Gasteiger partial charge in [0.05, 0.1) is 19.3 Å². The number of furan rings is 1. The summed E-state index contributed by atoms with van der Waals surface area (Å²) in [7, 11) is 1.87. The predicted octanol–water partition coefficient (Wildman–Crippen LogP) is 4.17. The van der Waals surface area contributed by atoms with E-state index in [1.807, 2.05) is 25.2 Å². The summed E-state index contributed by atoms with van der Waals surface area (Å²) in [5.74, 6) is 2.26. The van der Waals surface area contributed by atoms with Crippen LogP contribution in [0.5, 0.6) is 11.5 Å². The molecule has 2 heterocycles. The molecule has 0 spiro atoms. The lowest BCUT2D eigenvalue weighted by molar-refractivity contribution is 0.297. The van der Waals surface area contributed by atoms with Crippen LogP contribution in [0.15, 0.2) is 33.2 Å². The lowest BCUT2D eigenvalue weighted by atomic mass is 10.0. The number of halogens is 2. The van der Waals surface area contributed by atoms with E-state index in [0.717, 1.165) is 33.7 Å². The summed E-state index contributed by atoms with van der Waals surface area (Å²) in [6.07, 6.45) is 0.880. The van der Waals surface area contributed by atoms with Gasteiger partial charge < -0.3 is 19.2 Å². The molecule has 0 saturated carbocycles. The van der Waals surface area contributed by atoms with Crippen LogP contribution >= 0.6 is 27.5 Å². The monoisotopic (exact) mass is 371 g/mol. The fraction of sp³-hybridized carbons (Fsp3) is 0.333. The highest BCUT2D eigenvalue weighted by Gasteiger charge is 2.22. The van der Waals surface area contributed by atoms with Crippen LogP contribution < -0.4 is 14.8 Å². The second kappa shape index (κ2) is 6.30. The molecule has 1 aliphatic heterocycles. The molecular formula is C15H15BrClNO3. The molecule has 0 bridgehead atoms. The summed E-state index contributed by atoms with van der Waals surface area (Å²) in [6, 6.07) is 7.38. The molecule has 1 unspecified atom stereocenters. The molecule has 0 amide bonds. The lowest BCUT2D eigenvalue weighted by Crippen LogP contribution is -2.17. The van der Waals surface area contributed by atoms with Crippen molar-refractivity contribution in [1.82, 2.24) is 5.32 Å². The van der Waals surface area contributed by atoms with E-state index in [0.29, 0.717) is 18.4 Å². The van der Waals surface area contributed by atoms with Gasteiger partial charge in [0, 0.05) is 10.9 Å². The van der Waals surface area contributed by atoms with Gasteiger partial charge in [0.2, 0.25) is 0 Å². The van der Waals surface area contributed by atoms with Gasteiger partial charge in [0.1, 0.15) is 5.76 Å². The lowest BCUT2D eigenvalue weighted by Gasteiger charge is -2.18. The van der Waals surface area contributed by atoms with Crippen LogP contribution in [0.25, 0.3) is 0 Å². The minimum atomic E-state index is -0.121. The summed E-state index contributed by atoms with van der Waals surface area (Å²) in [6.45, 7) is 1.33. The Labute approximate surface area is 136 Å². The average molecular weight is 373 g/mol. The highest BCUT2D eigenvalue weighted by molar-refractivity contribution is 9.10. The fourth-order valence-corrected chi connectivity index (χ4v) is 3.06. The number of benzene rings is 1. The van der Waals surface area contributed by atoms with Crippen molar-refractivity contribution in [3.05, 3.63) is 45.3 Å². The average Bonchev–Trinajstić information content (AvgIpc) is 2.76. The maximum atomic E-state index is 5.87. The van der Waals surface area contributed by atoms with Gasteiger partial charge in [-0.25, -0.2) is 0 Å². The Kier molecular flexibility index (Phi) is 4.42. The number of hydrogen-bond acceptors (Lipinski definition) is 4. The van der Waals surface area contributed by atoms with Crippen LogP contribution in [0.1, 0.15) is 23.8 Å². The van der Waals surface area contributed by atoms with Gasteiger partial charge in [-0.3, -0.25) is 0 Å². The Morgan fingerprint density at radius 3 is 2.52 bits per heavy atom. The van der Waals surface area contributed by atoms with E-state index in [9.17, 15) is 0 Å². The molecular weight excluding hydrogens is 358 g/mol. The number of hydrogen-bond donors (Lipinski definition) is 1. The fourth-order valence-electron chi connectivity index (χ4n) is 2.36. The molecule has 1 aromatic heterocycles. The zero-order valence-electron chi connectivity index (χ0n) is 11.5. The van der Waals surface area contributed by atoms with E-state index in [4.69, 9.17) is 25.5 Å². The van der Waals surface area contributed by atoms with Gasteiger partial charge in [-0.1, -0.05) is 15.9 Å². The molecule has 21 heavy (non-hydrogen) atoms. The van der Waals surface area contributed by atoms with E-state index < -0.39 is 0 Å². The molecule has 3 rings (SSSR count). The topological polar surface area (TPSA) is 43.6 Å². The molecule has 6 heteroatoms. The number of nitrogens with one attached hydrogen (secondary N) is 1. The van der Waals surface area contributed by atoms with Crippen molar-refractivity contribution in [3.8, 4) is 11.5 Å². The number of ether oxygens (including phenoxy) is 2. The molecule has 0 fully saturated rings. The molecule has 2 aromatic rings. The van der Waals surface area contributed by atoms with Crippen molar-refractivity contribution in [2.24, 2.45) is 0 Å². The zero-order chi connectivity index (χ0) is 14.8. The third-order valence-electron chi connectivity index (χ3n) is 3.35. The molecule has 0 radical (unpaired) electrons. The van der Waals surface area contributed by atoms with Gasteiger partial charge in [-0.05, 0) is 48.5 Å². The van der Waals surface area contributed by atoms with Crippen molar-refractivity contribution >= 4 is 27.5 Å². The normalized spacial score (nSPS) is 15.6. The first-order chi connectivity index (χ1) is 10.2. The summed E-state index contributed by atoms with van der Waals surface area (Å²) >= 11 is 9.47. The van der Waals surface area contributed by atoms with Crippen molar-refractivity contribution < 1.29 is 13.9 Å². The molecule has 1 aromatic carbocycles. The van der Waals surface area contributed by atoms with Crippen LogP contribution in [0, 0.1) is 0 Å². The van der Waals surface area contributed by atoms with E-state index in [1.165, 1.54) is 0 Å². The first kappa shape index (κ1) is 14.8. The van der Waals surface area contributed by atoms with E-state index in [2.05, 4.69) is 21.2 Å². The molecule has 0 aliphatic carbocycles. The molecule has 112 valence electrons. The van der Waals surface area contributed by atoms with Crippen LogP contribution in [0.4, 0.5) is 0 Å². The minimum Gasteiger partial charge on any atom is -0.490 e. The Bertz CT molecular complexity index is 644. The Morgan fingerprint density at radius 2 is 1.90 bits per heavy atom. The Balaban J connectivity index is 2.02. The summed E-state index contributed by atoms with van der Waals surface area (Å²) < 4.78 is 17.9. The quantitative estimate of drug-likeness (QED) is 0.878. The number of fused-ring (bicyclic) bond motifs is 1. The maximum Gasteiger partial charge on any atom is 0.193 e. The van der Waals surface area contributed by atoms with Crippen molar-refractivity contribution in [1.29, 1.82) is 0 Å².